The van der Waals surface area contributed by atoms with Gasteiger partial charge in [0.1, 0.15) is 0 Å². The third-order valence-electron chi connectivity index (χ3n) is 3.86. The van der Waals surface area contributed by atoms with E-state index in [9.17, 15) is 13.2 Å². The minimum atomic E-state index is -3.66. The molecule has 1 aliphatic heterocycles. The molecular weight excluding hydrogens is 278 g/mol. The number of nitrogens with zero attached hydrogens (tertiary/aromatic N) is 1. The van der Waals surface area contributed by atoms with E-state index in [0.717, 1.165) is 0 Å². The van der Waals surface area contributed by atoms with Crippen molar-refractivity contribution < 1.29 is 17.9 Å². The molecule has 1 aromatic rings. The summed E-state index contributed by atoms with van der Waals surface area (Å²) in [5, 5.41) is 0. The van der Waals surface area contributed by atoms with E-state index < -0.39 is 16.0 Å². The second kappa shape index (κ2) is 5.54. The van der Waals surface area contributed by atoms with Gasteiger partial charge in [0, 0.05) is 13.1 Å². The lowest BCUT2D eigenvalue weighted by Gasteiger charge is -2.17. The van der Waals surface area contributed by atoms with E-state index in [0.29, 0.717) is 24.9 Å². The predicted octanol–water partition coefficient (Wildman–Crippen LogP) is 1.75. The molecule has 0 N–H and O–H groups in total. The summed E-state index contributed by atoms with van der Waals surface area (Å²) in [7, 11) is -2.42. The molecule has 0 aromatic heterocycles. The van der Waals surface area contributed by atoms with Gasteiger partial charge in [0.15, 0.2) is 0 Å². The van der Waals surface area contributed by atoms with Gasteiger partial charge in [0.05, 0.1) is 17.6 Å². The SMILES string of the molecule is COC(=O)c1ccccc1S(=O)(=O)N1CC(C)C(C)C1. The van der Waals surface area contributed by atoms with Crippen molar-refractivity contribution in [3.63, 3.8) is 0 Å². The molecule has 2 rings (SSSR count). The number of sulfonamides is 1. The number of benzene rings is 1. The van der Waals surface area contributed by atoms with Gasteiger partial charge >= 0.3 is 5.97 Å². The molecule has 0 saturated carbocycles. The minimum absolute atomic E-state index is 0.0214. The smallest absolute Gasteiger partial charge is 0.339 e. The van der Waals surface area contributed by atoms with Gasteiger partial charge in [-0.05, 0) is 24.0 Å². The summed E-state index contributed by atoms with van der Waals surface area (Å²) in [5.41, 5.74) is 0.0854. The standard InChI is InChI=1S/C14H19NO4S/c1-10-8-15(9-11(10)2)20(17,18)13-7-5-4-6-12(13)14(16)19-3/h4-7,10-11H,8-9H2,1-3H3. The van der Waals surface area contributed by atoms with Crippen LogP contribution in [0.5, 0.6) is 0 Å². The lowest BCUT2D eigenvalue weighted by molar-refractivity contribution is 0.0596. The summed E-state index contributed by atoms with van der Waals surface area (Å²) in [6, 6.07) is 6.17. The molecule has 5 nitrogen and oxygen atoms in total. The molecule has 0 spiro atoms. The molecule has 2 unspecified atom stereocenters. The maximum atomic E-state index is 12.7. The Kier molecular flexibility index (Phi) is 4.15. The molecule has 0 bridgehead atoms. The Morgan fingerprint density at radius 3 is 2.30 bits per heavy atom. The van der Waals surface area contributed by atoms with Crippen molar-refractivity contribution in [2.45, 2.75) is 18.7 Å². The summed E-state index contributed by atoms with van der Waals surface area (Å²) in [6.45, 7) is 5.04. The second-order valence-corrected chi connectivity index (χ2v) is 7.17. The fourth-order valence-electron chi connectivity index (χ4n) is 2.38. The number of carbonyl (C=O) groups is 1. The fraction of sp³-hybridized carbons (Fsp3) is 0.500. The molecule has 1 aromatic carbocycles. The first-order chi connectivity index (χ1) is 9.37. The average Bonchev–Trinajstić information content (AvgIpc) is 2.78. The molecular formula is C14H19NO4S. The summed E-state index contributed by atoms with van der Waals surface area (Å²) in [4.78, 5) is 11.7. The summed E-state index contributed by atoms with van der Waals surface area (Å²) >= 11 is 0. The Morgan fingerprint density at radius 1 is 1.20 bits per heavy atom. The van der Waals surface area contributed by atoms with Crippen LogP contribution in [-0.2, 0) is 14.8 Å². The molecule has 0 amide bonds. The Morgan fingerprint density at radius 2 is 1.75 bits per heavy atom. The number of ether oxygens (including phenoxy) is 1. The van der Waals surface area contributed by atoms with Gasteiger partial charge in [0.2, 0.25) is 10.0 Å². The minimum Gasteiger partial charge on any atom is -0.465 e. The first-order valence-corrected chi connectivity index (χ1v) is 7.99. The number of carbonyl (C=O) groups excluding carboxylic acids is 1. The summed E-state index contributed by atoms with van der Waals surface area (Å²) < 4.78 is 31.5. The van der Waals surface area contributed by atoms with Crippen LogP contribution in [0.2, 0.25) is 0 Å². The molecule has 1 heterocycles. The van der Waals surface area contributed by atoms with Crippen LogP contribution in [0.25, 0.3) is 0 Å². The van der Waals surface area contributed by atoms with E-state index >= 15 is 0 Å². The van der Waals surface area contributed by atoms with Crippen molar-refractivity contribution in [3.8, 4) is 0 Å². The molecule has 1 saturated heterocycles. The molecule has 20 heavy (non-hydrogen) atoms. The molecule has 6 heteroatoms. The van der Waals surface area contributed by atoms with Gasteiger partial charge in [-0.15, -0.1) is 0 Å². The monoisotopic (exact) mass is 297 g/mol. The maximum absolute atomic E-state index is 12.7. The number of hydrogen-bond donors (Lipinski definition) is 0. The second-order valence-electron chi connectivity index (χ2n) is 5.26. The third-order valence-corrected chi connectivity index (χ3v) is 5.75. The van der Waals surface area contributed by atoms with Crippen LogP contribution in [0, 0.1) is 11.8 Å². The Balaban J connectivity index is 2.43. The normalized spacial score (nSPS) is 23.8. The van der Waals surface area contributed by atoms with Crippen LogP contribution in [0.15, 0.2) is 29.2 Å². The number of esters is 1. The van der Waals surface area contributed by atoms with Crippen LogP contribution in [0.1, 0.15) is 24.2 Å². The zero-order valence-electron chi connectivity index (χ0n) is 11.9. The van der Waals surface area contributed by atoms with E-state index in [1.54, 1.807) is 12.1 Å². The van der Waals surface area contributed by atoms with Crippen molar-refractivity contribution >= 4 is 16.0 Å². The first-order valence-electron chi connectivity index (χ1n) is 6.55. The number of hydrogen-bond acceptors (Lipinski definition) is 4. The van der Waals surface area contributed by atoms with Crippen molar-refractivity contribution in [1.82, 2.24) is 4.31 Å². The zero-order valence-corrected chi connectivity index (χ0v) is 12.7. The average molecular weight is 297 g/mol. The highest BCUT2D eigenvalue weighted by Gasteiger charge is 2.36. The van der Waals surface area contributed by atoms with Gasteiger partial charge in [-0.1, -0.05) is 26.0 Å². The zero-order chi connectivity index (χ0) is 14.9. The Bertz CT molecular complexity index is 601. The lowest BCUT2D eigenvalue weighted by Crippen LogP contribution is -2.30. The molecule has 110 valence electrons. The molecule has 2 atom stereocenters. The van der Waals surface area contributed by atoms with Crippen LogP contribution < -0.4 is 0 Å². The van der Waals surface area contributed by atoms with Crippen molar-refractivity contribution in [1.29, 1.82) is 0 Å². The number of rotatable bonds is 3. The van der Waals surface area contributed by atoms with Crippen LogP contribution in [0.3, 0.4) is 0 Å². The summed E-state index contributed by atoms with van der Waals surface area (Å²) in [5.74, 6) is -0.00500. The maximum Gasteiger partial charge on any atom is 0.339 e. The summed E-state index contributed by atoms with van der Waals surface area (Å²) in [6.07, 6.45) is 0. The predicted molar refractivity (Wildman–Crippen MR) is 74.9 cm³/mol. The van der Waals surface area contributed by atoms with Gasteiger partial charge in [-0.3, -0.25) is 0 Å². The Labute approximate surface area is 119 Å². The van der Waals surface area contributed by atoms with E-state index in [1.165, 1.54) is 23.5 Å². The van der Waals surface area contributed by atoms with Gasteiger partial charge in [0.25, 0.3) is 0 Å². The molecule has 1 aliphatic rings. The quantitative estimate of drug-likeness (QED) is 0.797. The third kappa shape index (κ3) is 2.58. The van der Waals surface area contributed by atoms with Gasteiger partial charge in [-0.25, -0.2) is 13.2 Å². The van der Waals surface area contributed by atoms with Gasteiger partial charge in [-0.2, -0.15) is 4.31 Å². The molecule has 1 fully saturated rings. The Hall–Kier alpha value is -1.40. The number of methoxy groups -OCH3 is 1. The van der Waals surface area contributed by atoms with E-state index in [4.69, 9.17) is 0 Å². The van der Waals surface area contributed by atoms with Crippen molar-refractivity contribution in [2.24, 2.45) is 11.8 Å². The largest absolute Gasteiger partial charge is 0.465 e. The van der Waals surface area contributed by atoms with Crippen molar-refractivity contribution in [3.05, 3.63) is 29.8 Å². The van der Waals surface area contributed by atoms with E-state index in [2.05, 4.69) is 4.74 Å². The highest BCUT2D eigenvalue weighted by atomic mass is 32.2. The van der Waals surface area contributed by atoms with Crippen LogP contribution in [-0.4, -0.2) is 38.9 Å². The first kappa shape index (κ1) is 15.0. The fourth-order valence-corrected chi connectivity index (χ4v) is 4.20. The van der Waals surface area contributed by atoms with E-state index in [1.807, 2.05) is 13.8 Å². The van der Waals surface area contributed by atoms with Crippen molar-refractivity contribution in [2.75, 3.05) is 20.2 Å². The highest BCUT2D eigenvalue weighted by Crippen LogP contribution is 2.29. The van der Waals surface area contributed by atoms with Gasteiger partial charge < -0.3 is 4.74 Å². The van der Waals surface area contributed by atoms with Crippen LogP contribution in [0.4, 0.5) is 0 Å². The highest BCUT2D eigenvalue weighted by molar-refractivity contribution is 7.89. The van der Waals surface area contributed by atoms with Crippen LogP contribution >= 0.6 is 0 Å². The topological polar surface area (TPSA) is 63.7 Å². The molecule has 0 radical (unpaired) electrons. The molecule has 0 aliphatic carbocycles. The lowest BCUT2D eigenvalue weighted by atomic mass is 10.0. The van der Waals surface area contributed by atoms with E-state index in [-0.39, 0.29) is 10.5 Å².